The van der Waals surface area contributed by atoms with E-state index >= 15 is 0 Å². The molecule has 2 aromatic heterocycles. The summed E-state index contributed by atoms with van der Waals surface area (Å²) in [4.78, 5) is 16.4. The van der Waals surface area contributed by atoms with Gasteiger partial charge in [0.2, 0.25) is 5.91 Å². The molecule has 6 heteroatoms. The lowest BCUT2D eigenvalue weighted by atomic mass is 10.1. The van der Waals surface area contributed by atoms with Crippen molar-refractivity contribution in [1.29, 1.82) is 0 Å². The molecule has 1 N–H and O–H groups in total. The molecule has 0 aliphatic rings. The van der Waals surface area contributed by atoms with Crippen LogP contribution in [0.5, 0.6) is 5.75 Å². The molecule has 2 heterocycles. The van der Waals surface area contributed by atoms with Crippen molar-refractivity contribution in [2.24, 2.45) is 5.92 Å². The van der Waals surface area contributed by atoms with Crippen molar-refractivity contribution in [3.05, 3.63) is 42.6 Å². The molecular weight excluding hydrogens is 304 g/mol. The second-order valence-electron chi connectivity index (χ2n) is 5.68. The Morgan fingerprint density at radius 1 is 1.33 bits per heavy atom. The minimum absolute atomic E-state index is 0.0334. The van der Waals surface area contributed by atoms with Crippen LogP contribution in [0.1, 0.15) is 20.3 Å². The van der Waals surface area contributed by atoms with Crippen molar-refractivity contribution < 1.29 is 9.53 Å². The Balaban J connectivity index is 1.90. The van der Waals surface area contributed by atoms with Gasteiger partial charge in [-0.2, -0.15) is 5.10 Å². The highest BCUT2D eigenvalue weighted by molar-refractivity contribution is 5.91. The molecule has 1 atom stereocenters. The smallest absolute Gasteiger partial charge is 0.228 e. The molecule has 0 bridgehead atoms. The molecule has 1 unspecified atom stereocenters. The van der Waals surface area contributed by atoms with E-state index in [1.807, 2.05) is 50.2 Å². The lowest BCUT2D eigenvalue weighted by Crippen LogP contribution is -2.19. The normalized spacial score (nSPS) is 12.1. The van der Waals surface area contributed by atoms with Crippen LogP contribution in [-0.2, 0) is 4.79 Å². The van der Waals surface area contributed by atoms with Crippen molar-refractivity contribution in [2.75, 3.05) is 12.4 Å². The molecule has 6 nitrogen and oxygen atoms in total. The first-order chi connectivity index (χ1) is 11.6. The Morgan fingerprint density at radius 2 is 2.17 bits per heavy atom. The van der Waals surface area contributed by atoms with Gasteiger partial charge in [0, 0.05) is 11.5 Å². The molecule has 1 aromatic carbocycles. The van der Waals surface area contributed by atoms with Gasteiger partial charge in [0.1, 0.15) is 5.75 Å². The van der Waals surface area contributed by atoms with Crippen LogP contribution in [0.25, 0.3) is 16.9 Å². The molecule has 1 amide bonds. The van der Waals surface area contributed by atoms with Gasteiger partial charge in [-0.1, -0.05) is 26.0 Å². The zero-order valence-corrected chi connectivity index (χ0v) is 14.0. The van der Waals surface area contributed by atoms with Crippen LogP contribution < -0.4 is 10.1 Å². The standard InChI is InChI=1S/C18H20N4O2/c1-4-12(2)18(23)20-16-11-22-17(19-16)9-8-15(21-22)13-6-5-7-14(10-13)24-3/h5-12H,4H2,1-3H3,(H,20,23). The summed E-state index contributed by atoms with van der Waals surface area (Å²) in [5, 5.41) is 7.39. The third kappa shape index (κ3) is 3.22. The van der Waals surface area contributed by atoms with Crippen LogP contribution in [0.3, 0.4) is 0 Å². The lowest BCUT2D eigenvalue weighted by molar-refractivity contribution is -0.119. The van der Waals surface area contributed by atoms with Gasteiger partial charge in [0.25, 0.3) is 0 Å². The Bertz CT molecular complexity index is 872. The highest BCUT2D eigenvalue weighted by atomic mass is 16.5. The summed E-state index contributed by atoms with van der Waals surface area (Å²) in [6.07, 6.45) is 2.51. The van der Waals surface area contributed by atoms with Gasteiger partial charge in [-0.3, -0.25) is 4.79 Å². The molecule has 124 valence electrons. The lowest BCUT2D eigenvalue weighted by Gasteiger charge is -2.06. The molecule has 3 rings (SSSR count). The summed E-state index contributed by atoms with van der Waals surface area (Å²) in [5.74, 6) is 1.21. The van der Waals surface area contributed by atoms with E-state index in [9.17, 15) is 4.79 Å². The number of hydrogen-bond acceptors (Lipinski definition) is 4. The van der Waals surface area contributed by atoms with Gasteiger partial charge in [-0.25, -0.2) is 9.50 Å². The SMILES string of the molecule is CCC(C)C(=O)Nc1cn2nc(-c3cccc(OC)c3)ccc2n1. The minimum atomic E-state index is -0.0462. The monoisotopic (exact) mass is 324 g/mol. The first kappa shape index (κ1) is 16.0. The van der Waals surface area contributed by atoms with Crippen LogP contribution in [-0.4, -0.2) is 27.6 Å². The average Bonchev–Trinajstić information content (AvgIpc) is 3.02. The molecule has 0 spiro atoms. The maximum Gasteiger partial charge on any atom is 0.228 e. The third-order valence-corrected chi connectivity index (χ3v) is 4.00. The Morgan fingerprint density at radius 3 is 2.92 bits per heavy atom. The number of ether oxygens (including phenoxy) is 1. The second-order valence-corrected chi connectivity index (χ2v) is 5.68. The first-order valence-corrected chi connectivity index (χ1v) is 7.92. The van der Waals surface area contributed by atoms with E-state index in [0.29, 0.717) is 11.5 Å². The predicted molar refractivity (Wildman–Crippen MR) is 93.1 cm³/mol. The minimum Gasteiger partial charge on any atom is -0.497 e. The fourth-order valence-corrected chi connectivity index (χ4v) is 2.31. The van der Waals surface area contributed by atoms with Crippen molar-refractivity contribution in [3.8, 4) is 17.0 Å². The summed E-state index contributed by atoms with van der Waals surface area (Å²) in [6, 6.07) is 11.5. The molecule has 0 aliphatic heterocycles. The molecule has 0 saturated heterocycles. The fourth-order valence-electron chi connectivity index (χ4n) is 2.31. The molecular formula is C18H20N4O2. The van der Waals surface area contributed by atoms with Crippen LogP contribution in [0.4, 0.5) is 5.82 Å². The van der Waals surface area contributed by atoms with Crippen LogP contribution >= 0.6 is 0 Å². The van der Waals surface area contributed by atoms with Crippen LogP contribution in [0.2, 0.25) is 0 Å². The second kappa shape index (κ2) is 6.70. The largest absolute Gasteiger partial charge is 0.497 e. The number of imidazole rings is 1. The van der Waals surface area contributed by atoms with Gasteiger partial charge in [-0.05, 0) is 30.7 Å². The molecule has 0 aliphatic carbocycles. The zero-order chi connectivity index (χ0) is 17.1. The number of rotatable bonds is 5. The number of benzene rings is 1. The fraction of sp³-hybridized carbons (Fsp3) is 0.278. The molecule has 0 fully saturated rings. The highest BCUT2D eigenvalue weighted by Gasteiger charge is 2.13. The maximum atomic E-state index is 12.0. The van der Waals surface area contributed by atoms with Crippen LogP contribution in [0, 0.1) is 5.92 Å². The Hall–Kier alpha value is -2.89. The first-order valence-electron chi connectivity index (χ1n) is 7.92. The average molecular weight is 324 g/mol. The predicted octanol–water partition coefficient (Wildman–Crippen LogP) is 3.39. The zero-order valence-electron chi connectivity index (χ0n) is 14.0. The van der Waals surface area contributed by atoms with Gasteiger partial charge in [0.15, 0.2) is 11.5 Å². The maximum absolute atomic E-state index is 12.0. The number of anilines is 1. The molecule has 3 aromatic rings. The van der Waals surface area contributed by atoms with Gasteiger partial charge in [0.05, 0.1) is 19.0 Å². The van der Waals surface area contributed by atoms with Crippen molar-refractivity contribution >= 4 is 17.4 Å². The number of carbonyl (C=O) groups is 1. The van der Waals surface area contributed by atoms with Crippen molar-refractivity contribution in [2.45, 2.75) is 20.3 Å². The number of amides is 1. The summed E-state index contributed by atoms with van der Waals surface area (Å²) in [7, 11) is 1.64. The molecule has 0 radical (unpaired) electrons. The molecule has 24 heavy (non-hydrogen) atoms. The van der Waals surface area contributed by atoms with Gasteiger partial charge in [-0.15, -0.1) is 0 Å². The number of carbonyl (C=O) groups excluding carboxylic acids is 1. The number of nitrogens with zero attached hydrogens (tertiary/aromatic N) is 3. The number of aromatic nitrogens is 3. The van der Waals surface area contributed by atoms with E-state index in [2.05, 4.69) is 15.4 Å². The quantitative estimate of drug-likeness (QED) is 0.781. The highest BCUT2D eigenvalue weighted by Crippen LogP contribution is 2.22. The van der Waals surface area contributed by atoms with Crippen LogP contribution in [0.15, 0.2) is 42.6 Å². The summed E-state index contributed by atoms with van der Waals surface area (Å²) < 4.78 is 6.92. The van der Waals surface area contributed by atoms with E-state index < -0.39 is 0 Å². The topological polar surface area (TPSA) is 68.5 Å². The van der Waals surface area contributed by atoms with E-state index in [0.717, 1.165) is 23.4 Å². The third-order valence-electron chi connectivity index (χ3n) is 4.00. The number of methoxy groups -OCH3 is 1. The molecule has 0 saturated carbocycles. The van der Waals surface area contributed by atoms with E-state index in [1.54, 1.807) is 17.8 Å². The van der Waals surface area contributed by atoms with Gasteiger partial charge >= 0.3 is 0 Å². The number of hydrogen-bond donors (Lipinski definition) is 1. The summed E-state index contributed by atoms with van der Waals surface area (Å²) >= 11 is 0. The van der Waals surface area contributed by atoms with Crippen molar-refractivity contribution in [3.63, 3.8) is 0 Å². The van der Waals surface area contributed by atoms with E-state index in [-0.39, 0.29) is 11.8 Å². The van der Waals surface area contributed by atoms with Gasteiger partial charge < -0.3 is 10.1 Å². The Labute approximate surface area is 140 Å². The van der Waals surface area contributed by atoms with Crippen molar-refractivity contribution in [1.82, 2.24) is 14.6 Å². The van der Waals surface area contributed by atoms with E-state index in [4.69, 9.17) is 4.74 Å². The Kier molecular flexibility index (Phi) is 4.46. The number of fused-ring (bicyclic) bond motifs is 1. The number of nitrogens with one attached hydrogen (secondary N) is 1. The summed E-state index contributed by atoms with van der Waals surface area (Å²) in [6.45, 7) is 3.88. The summed E-state index contributed by atoms with van der Waals surface area (Å²) in [5.41, 5.74) is 2.44. The van der Waals surface area contributed by atoms with E-state index in [1.165, 1.54) is 0 Å².